The molecule has 4 heteroatoms. The van der Waals surface area contributed by atoms with E-state index in [9.17, 15) is 0 Å². The Bertz CT molecular complexity index is 244. The minimum atomic E-state index is 0.161. The van der Waals surface area contributed by atoms with Crippen molar-refractivity contribution in [1.29, 1.82) is 0 Å². The molecule has 0 aromatic carbocycles. The zero-order valence-corrected chi connectivity index (χ0v) is 7.28. The lowest BCUT2D eigenvalue weighted by Crippen LogP contribution is -2.39. The lowest BCUT2D eigenvalue weighted by molar-refractivity contribution is 0.377. The van der Waals surface area contributed by atoms with Crippen LogP contribution in [0.2, 0.25) is 0 Å². The number of rotatable bonds is 1. The zero-order chi connectivity index (χ0) is 7.68. The van der Waals surface area contributed by atoms with Crippen LogP contribution in [0.15, 0.2) is 11.4 Å². The van der Waals surface area contributed by atoms with E-state index < -0.39 is 0 Å². The first kappa shape index (κ1) is 7.34. The van der Waals surface area contributed by atoms with E-state index in [0.717, 1.165) is 13.2 Å². The molecule has 0 aliphatic carbocycles. The van der Waals surface area contributed by atoms with Crippen LogP contribution in [0.4, 0.5) is 0 Å². The summed E-state index contributed by atoms with van der Waals surface area (Å²) in [7, 11) is 0.161. The molecule has 0 unspecified atom stereocenters. The second kappa shape index (κ2) is 2.97. The summed E-state index contributed by atoms with van der Waals surface area (Å²) >= 11 is 1.76. The molecule has 0 atom stereocenters. The highest BCUT2D eigenvalue weighted by Crippen LogP contribution is 2.04. The maximum absolute atomic E-state index is 5.45. The van der Waals surface area contributed by atoms with Gasteiger partial charge in [0.2, 0.25) is 0 Å². The summed E-state index contributed by atoms with van der Waals surface area (Å²) in [5.41, 5.74) is 1.32. The van der Waals surface area contributed by atoms with Gasteiger partial charge >= 0.3 is 7.05 Å². The largest absolute Gasteiger partial charge is 0.426 e. The van der Waals surface area contributed by atoms with Gasteiger partial charge in [0.1, 0.15) is 0 Å². The van der Waals surface area contributed by atoms with Gasteiger partial charge in [-0.1, -0.05) is 6.07 Å². The molecule has 1 N–H and O–H groups in total. The molecule has 0 bridgehead atoms. The molecule has 1 aromatic rings. The van der Waals surface area contributed by atoms with Crippen LogP contribution in [0, 0.1) is 6.92 Å². The second-order valence-corrected chi connectivity index (χ2v) is 3.67. The van der Waals surface area contributed by atoms with E-state index in [1.165, 1.54) is 10.3 Å². The summed E-state index contributed by atoms with van der Waals surface area (Å²) < 4.78 is 6.74. The van der Waals surface area contributed by atoms with Gasteiger partial charge < -0.3 is 9.88 Å². The molecule has 2 nitrogen and oxygen atoms in total. The van der Waals surface area contributed by atoms with Crippen LogP contribution in [0.25, 0.3) is 0 Å². The molecule has 2 rings (SSSR count). The quantitative estimate of drug-likeness (QED) is 0.610. The van der Waals surface area contributed by atoms with Crippen LogP contribution in [-0.2, 0) is 4.65 Å². The summed E-state index contributed by atoms with van der Waals surface area (Å²) in [5.74, 6) is 0. The summed E-state index contributed by atoms with van der Waals surface area (Å²) in [6.45, 7) is 3.91. The molecule has 0 amide bonds. The average Bonchev–Trinajstić information content (AvgIpc) is 2.55. The van der Waals surface area contributed by atoms with E-state index in [2.05, 4.69) is 23.6 Å². The Morgan fingerprint density at radius 1 is 1.73 bits per heavy atom. The molecule has 1 aliphatic rings. The molecule has 0 spiro atoms. The van der Waals surface area contributed by atoms with Crippen molar-refractivity contribution in [3.05, 3.63) is 17.0 Å². The first-order chi connectivity index (χ1) is 5.36. The molecule has 1 aromatic heterocycles. The Morgan fingerprint density at radius 2 is 2.64 bits per heavy atom. The fourth-order valence-electron chi connectivity index (χ4n) is 1.20. The van der Waals surface area contributed by atoms with Crippen LogP contribution in [-0.4, -0.2) is 20.2 Å². The van der Waals surface area contributed by atoms with Gasteiger partial charge in [-0.2, -0.15) is 11.3 Å². The summed E-state index contributed by atoms with van der Waals surface area (Å²) in [6, 6.07) is 2.17. The van der Waals surface area contributed by atoms with Crippen molar-refractivity contribution < 1.29 is 4.65 Å². The van der Waals surface area contributed by atoms with Crippen LogP contribution in [0.1, 0.15) is 5.56 Å². The predicted molar refractivity (Wildman–Crippen MR) is 48.4 cm³/mol. The Morgan fingerprint density at radius 3 is 3.18 bits per heavy atom. The van der Waals surface area contributed by atoms with Gasteiger partial charge in [-0.25, -0.2) is 0 Å². The molecule has 11 heavy (non-hydrogen) atoms. The van der Waals surface area contributed by atoms with Crippen LogP contribution >= 0.6 is 11.3 Å². The van der Waals surface area contributed by atoms with Crippen LogP contribution in [0.5, 0.6) is 0 Å². The van der Waals surface area contributed by atoms with Crippen molar-refractivity contribution in [1.82, 2.24) is 5.23 Å². The fourth-order valence-corrected chi connectivity index (χ4v) is 2.12. The molecule has 0 radical (unpaired) electrons. The van der Waals surface area contributed by atoms with Crippen LogP contribution < -0.4 is 10.0 Å². The van der Waals surface area contributed by atoms with Gasteiger partial charge in [-0.3, -0.25) is 0 Å². The third-order valence-corrected chi connectivity index (χ3v) is 2.82. The van der Waals surface area contributed by atoms with E-state index in [-0.39, 0.29) is 7.05 Å². The first-order valence-electron chi connectivity index (χ1n) is 3.76. The monoisotopic (exact) mass is 167 g/mol. The SMILES string of the molecule is Cc1csc(B2NCCO2)c1. The lowest BCUT2D eigenvalue weighted by Gasteiger charge is -1.98. The van der Waals surface area contributed by atoms with E-state index >= 15 is 0 Å². The molecule has 1 fully saturated rings. The minimum Gasteiger partial charge on any atom is -0.416 e. The van der Waals surface area contributed by atoms with Gasteiger partial charge in [0.05, 0.1) is 0 Å². The van der Waals surface area contributed by atoms with Crippen molar-refractivity contribution in [3.8, 4) is 0 Å². The Hall–Kier alpha value is -0.315. The number of nitrogens with one attached hydrogen (secondary N) is 1. The van der Waals surface area contributed by atoms with Crippen molar-refractivity contribution in [3.63, 3.8) is 0 Å². The number of hydrogen-bond donors (Lipinski definition) is 1. The Balaban J connectivity index is 2.15. The topological polar surface area (TPSA) is 21.3 Å². The van der Waals surface area contributed by atoms with Crippen LogP contribution in [0.3, 0.4) is 0 Å². The molecule has 1 aliphatic heterocycles. The molecule has 1 saturated heterocycles. The van der Waals surface area contributed by atoms with E-state index in [1.54, 1.807) is 11.3 Å². The first-order valence-corrected chi connectivity index (χ1v) is 4.64. The van der Waals surface area contributed by atoms with Crippen molar-refractivity contribution in [2.24, 2.45) is 0 Å². The van der Waals surface area contributed by atoms with Gasteiger partial charge in [0, 0.05) is 17.9 Å². The highest BCUT2D eigenvalue weighted by molar-refractivity contribution is 7.21. The maximum atomic E-state index is 5.45. The molecular formula is C7H10BNOS. The third-order valence-electron chi connectivity index (χ3n) is 1.73. The number of aryl methyl sites for hydroxylation is 1. The third kappa shape index (κ3) is 1.48. The highest BCUT2D eigenvalue weighted by atomic mass is 32.1. The average molecular weight is 167 g/mol. The smallest absolute Gasteiger partial charge is 0.416 e. The summed E-state index contributed by atoms with van der Waals surface area (Å²) in [4.78, 5) is 0. The van der Waals surface area contributed by atoms with Gasteiger partial charge in [0.25, 0.3) is 0 Å². The molecular weight excluding hydrogens is 157 g/mol. The van der Waals surface area contributed by atoms with E-state index in [1.807, 2.05) is 0 Å². The summed E-state index contributed by atoms with van der Waals surface area (Å²) in [5, 5.41) is 5.43. The minimum absolute atomic E-state index is 0.161. The number of thiophene rings is 1. The fraction of sp³-hybridized carbons (Fsp3) is 0.429. The highest BCUT2D eigenvalue weighted by Gasteiger charge is 2.24. The Kier molecular flexibility index (Phi) is 1.98. The Labute approximate surface area is 70.7 Å². The molecule has 0 saturated carbocycles. The van der Waals surface area contributed by atoms with Gasteiger partial charge in [0.15, 0.2) is 0 Å². The van der Waals surface area contributed by atoms with Crippen molar-refractivity contribution >= 4 is 23.2 Å². The predicted octanol–water partition coefficient (Wildman–Crippen LogP) is 0.372. The van der Waals surface area contributed by atoms with Gasteiger partial charge in [-0.05, 0) is 17.9 Å². The van der Waals surface area contributed by atoms with Crippen molar-refractivity contribution in [2.75, 3.05) is 13.2 Å². The molecule has 2 heterocycles. The van der Waals surface area contributed by atoms with E-state index in [4.69, 9.17) is 4.65 Å². The van der Waals surface area contributed by atoms with Crippen molar-refractivity contribution in [2.45, 2.75) is 6.92 Å². The maximum Gasteiger partial charge on any atom is 0.426 e. The summed E-state index contributed by atoms with van der Waals surface area (Å²) in [6.07, 6.45) is 0. The van der Waals surface area contributed by atoms with E-state index in [0.29, 0.717) is 0 Å². The van der Waals surface area contributed by atoms with Gasteiger partial charge in [-0.15, -0.1) is 0 Å². The normalized spacial score (nSPS) is 17.7. The standard InChI is InChI=1S/C7H10BNOS/c1-6-4-7(11-5-6)8-9-2-3-10-8/h4-5,9H,2-3H2,1H3. The second-order valence-electron chi connectivity index (χ2n) is 2.73. The molecule has 58 valence electrons. The number of hydrogen-bond acceptors (Lipinski definition) is 3. The zero-order valence-electron chi connectivity index (χ0n) is 6.46. The lowest BCUT2D eigenvalue weighted by atomic mass is 9.82.